The Morgan fingerprint density at radius 1 is 0.947 bits per heavy atom. The van der Waals surface area contributed by atoms with Crippen molar-refractivity contribution in [3.8, 4) is 11.8 Å². The Balaban J connectivity index is 2.19. The zero-order chi connectivity index (χ0) is 13.7. The average molecular weight is 247 g/mol. The van der Waals surface area contributed by atoms with Crippen LogP contribution in [0.4, 0.5) is 5.69 Å². The van der Waals surface area contributed by atoms with Gasteiger partial charge in [0.25, 0.3) is 0 Å². The highest BCUT2D eigenvalue weighted by molar-refractivity contribution is 5.82. The van der Waals surface area contributed by atoms with E-state index in [1.165, 1.54) is 16.7 Å². The highest BCUT2D eigenvalue weighted by Gasteiger charge is 2.00. The van der Waals surface area contributed by atoms with Crippen LogP contribution in [-0.2, 0) is 0 Å². The first-order valence-electron chi connectivity index (χ1n) is 6.34. The van der Waals surface area contributed by atoms with Crippen molar-refractivity contribution in [3.63, 3.8) is 0 Å². The highest BCUT2D eigenvalue weighted by atomic mass is 14.7. The third-order valence-electron chi connectivity index (χ3n) is 2.88. The molecule has 0 saturated heterocycles. The monoisotopic (exact) mass is 247 g/mol. The van der Waals surface area contributed by atoms with Crippen LogP contribution in [0, 0.1) is 32.6 Å². The third-order valence-corrected chi connectivity index (χ3v) is 2.88. The minimum atomic E-state index is 1.01. The van der Waals surface area contributed by atoms with Crippen LogP contribution in [0.15, 0.2) is 47.5 Å². The van der Waals surface area contributed by atoms with E-state index in [0.29, 0.717) is 0 Å². The fourth-order valence-corrected chi connectivity index (χ4v) is 2.11. The molecule has 0 spiro atoms. The van der Waals surface area contributed by atoms with Gasteiger partial charge in [-0.05, 0) is 50.0 Å². The molecule has 1 nitrogen and oxygen atoms in total. The molecule has 0 atom stereocenters. The lowest BCUT2D eigenvalue weighted by Crippen LogP contribution is -1.83. The Hall–Kier alpha value is -2.33. The molecule has 2 aromatic carbocycles. The van der Waals surface area contributed by atoms with Crippen molar-refractivity contribution in [3.05, 3.63) is 64.7 Å². The van der Waals surface area contributed by atoms with Gasteiger partial charge in [-0.25, -0.2) is 4.99 Å². The summed E-state index contributed by atoms with van der Waals surface area (Å²) in [6.07, 6.45) is 1.68. The van der Waals surface area contributed by atoms with Gasteiger partial charge in [0, 0.05) is 5.56 Å². The standard InChI is InChI=1S/C18H17N/c1-14-12-15(2)18(16(3)13-14)19-11-7-10-17-8-5-4-6-9-17/h4-6,8-9,11-13H,1-3H3. The summed E-state index contributed by atoms with van der Waals surface area (Å²) in [5, 5.41) is 0. The van der Waals surface area contributed by atoms with Gasteiger partial charge in [-0.2, -0.15) is 0 Å². The van der Waals surface area contributed by atoms with E-state index < -0.39 is 0 Å². The second-order valence-corrected chi connectivity index (χ2v) is 4.64. The summed E-state index contributed by atoms with van der Waals surface area (Å²) < 4.78 is 0. The molecule has 19 heavy (non-hydrogen) atoms. The van der Waals surface area contributed by atoms with E-state index in [4.69, 9.17) is 0 Å². The van der Waals surface area contributed by atoms with Crippen LogP contribution >= 0.6 is 0 Å². The predicted molar refractivity (Wildman–Crippen MR) is 82.1 cm³/mol. The van der Waals surface area contributed by atoms with E-state index in [9.17, 15) is 0 Å². The van der Waals surface area contributed by atoms with E-state index in [1.54, 1.807) is 6.21 Å². The number of hydrogen-bond donors (Lipinski definition) is 0. The number of benzene rings is 2. The van der Waals surface area contributed by atoms with Gasteiger partial charge in [0.05, 0.1) is 11.9 Å². The summed E-state index contributed by atoms with van der Waals surface area (Å²) in [4.78, 5) is 4.46. The predicted octanol–water partition coefficient (Wildman–Crippen LogP) is 4.37. The lowest BCUT2D eigenvalue weighted by atomic mass is 10.1. The maximum Gasteiger partial charge on any atom is 0.0777 e. The van der Waals surface area contributed by atoms with Gasteiger partial charge in [-0.15, -0.1) is 0 Å². The molecule has 0 bridgehead atoms. The van der Waals surface area contributed by atoms with Crippen LogP contribution in [0.2, 0.25) is 0 Å². The summed E-state index contributed by atoms with van der Waals surface area (Å²) in [5.41, 5.74) is 5.68. The largest absolute Gasteiger partial charge is 0.247 e. The van der Waals surface area contributed by atoms with Gasteiger partial charge in [-0.3, -0.25) is 0 Å². The van der Waals surface area contributed by atoms with Crippen molar-refractivity contribution in [1.82, 2.24) is 0 Å². The molecule has 2 rings (SSSR count). The summed E-state index contributed by atoms with van der Waals surface area (Å²) in [7, 11) is 0. The fourth-order valence-electron chi connectivity index (χ4n) is 2.11. The maximum absolute atomic E-state index is 4.46. The molecule has 0 aliphatic heterocycles. The molecule has 0 heterocycles. The number of hydrogen-bond acceptors (Lipinski definition) is 1. The Morgan fingerprint density at radius 2 is 1.58 bits per heavy atom. The second kappa shape index (κ2) is 6.02. The third kappa shape index (κ3) is 3.56. The molecule has 0 aliphatic carbocycles. The Kier molecular flexibility index (Phi) is 4.15. The van der Waals surface area contributed by atoms with Crippen LogP contribution in [0.1, 0.15) is 22.3 Å². The van der Waals surface area contributed by atoms with Crippen molar-refractivity contribution >= 4 is 11.9 Å². The maximum atomic E-state index is 4.46. The summed E-state index contributed by atoms with van der Waals surface area (Å²) in [5.74, 6) is 6.04. The molecule has 0 unspecified atom stereocenters. The molecule has 94 valence electrons. The van der Waals surface area contributed by atoms with E-state index in [1.807, 2.05) is 30.3 Å². The quantitative estimate of drug-likeness (QED) is 0.524. The van der Waals surface area contributed by atoms with Gasteiger partial charge < -0.3 is 0 Å². The van der Waals surface area contributed by atoms with E-state index >= 15 is 0 Å². The van der Waals surface area contributed by atoms with Crippen molar-refractivity contribution in [2.45, 2.75) is 20.8 Å². The Bertz CT molecular complexity index is 632. The van der Waals surface area contributed by atoms with Crippen molar-refractivity contribution in [1.29, 1.82) is 0 Å². The second-order valence-electron chi connectivity index (χ2n) is 4.64. The van der Waals surface area contributed by atoms with Gasteiger partial charge in [0.1, 0.15) is 0 Å². The van der Waals surface area contributed by atoms with E-state index in [2.05, 4.69) is 49.7 Å². The molecule has 0 aromatic heterocycles. The number of aliphatic imine (C=N–C) groups is 1. The van der Waals surface area contributed by atoms with Crippen LogP contribution in [0.25, 0.3) is 0 Å². The molecule has 0 saturated carbocycles. The van der Waals surface area contributed by atoms with Crippen LogP contribution in [0.5, 0.6) is 0 Å². The van der Waals surface area contributed by atoms with E-state index in [0.717, 1.165) is 11.3 Å². The summed E-state index contributed by atoms with van der Waals surface area (Å²) in [6, 6.07) is 14.2. The van der Waals surface area contributed by atoms with Crippen molar-refractivity contribution < 1.29 is 0 Å². The first kappa shape index (κ1) is 13.1. The van der Waals surface area contributed by atoms with Crippen molar-refractivity contribution in [2.24, 2.45) is 4.99 Å². The molecule has 0 N–H and O–H groups in total. The first-order valence-corrected chi connectivity index (χ1v) is 6.34. The molecular weight excluding hydrogens is 230 g/mol. The molecule has 0 amide bonds. The topological polar surface area (TPSA) is 12.4 Å². The number of aryl methyl sites for hydroxylation is 3. The fraction of sp³-hybridized carbons (Fsp3) is 0.167. The number of nitrogens with zero attached hydrogens (tertiary/aromatic N) is 1. The van der Waals surface area contributed by atoms with Gasteiger partial charge in [0.2, 0.25) is 0 Å². The van der Waals surface area contributed by atoms with Crippen LogP contribution < -0.4 is 0 Å². The highest BCUT2D eigenvalue weighted by Crippen LogP contribution is 2.24. The van der Waals surface area contributed by atoms with Gasteiger partial charge >= 0.3 is 0 Å². The Morgan fingerprint density at radius 3 is 2.21 bits per heavy atom. The van der Waals surface area contributed by atoms with Crippen molar-refractivity contribution in [2.75, 3.05) is 0 Å². The zero-order valence-corrected chi connectivity index (χ0v) is 11.6. The Labute approximate surface area is 115 Å². The molecule has 0 aliphatic rings. The number of rotatable bonds is 1. The normalized spacial score (nSPS) is 10.3. The minimum Gasteiger partial charge on any atom is -0.247 e. The molecule has 0 radical (unpaired) electrons. The van der Waals surface area contributed by atoms with Gasteiger partial charge in [0.15, 0.2) is 0 Å². The molecule has 1 heteroatoms. The lowest BCUT2D eigenvalue weighted by Gasteiger charge is -2.05. The van der Waals surface area contributed by atoms with Gasteiger partial charge in [-0.1, -0.05) is 41.8 Å². The lowest BCUT2D eigenvalue weighted by molar-refractivity contribution is 1.29. The zero-order valence-electron chi connectivity index (χ0n) is 11.6. The molecule has 2 aromatic rings. The average Bonchev–Trinajstić information content (AvgIpc) is 2.38. The first-order chi connectivity index (χ1) is 9.16. The molecular formula is C18H17N. The summed E-state index contributed by atoms with van der Waals surface area (Å²) >= 11 is 0. The van der Waals surface area contributed by atoms with Crippen LogP contribution in [-0.4, -0.2) is 6.21 Å². The SMILES string of the molecule is Cc1cc(C)c(N=CC#Cc2ccccc2)c(C)c1. The van der Waals surface area contributed by atoms with E-state index in [-0.39, 0.29) is 0 Å². The molecule has 0 fully saturated rings. The summed E-state index contributed by atoms with van der Waals surface area (Å²) in [6.45, 7) is 6.26. The van der Waals surface area contributed by atoms with Crippen LogP contribution in [0.3, 0.4) is 0 Å². The minimum absolute atomic E-state index is 1.01. The smallest absolute Gasteiger partial charge is 0.0777 e.